The first-order valence-electron chi connectivity index (χ1n) is 5.18. The first-order chi connectivity index (χ1) is 7.45. The molecule has 2 heteroatoms. The summed E-state index contributed by atoms with van der Waals surface area (Å²) in [6, 6.07) is 17.0. The van der Waals surface area contributed by atoms with E-state index >= 15 is 0 Å². The molecule has 3 rings (SSSR count). The quantitative estimate of drug-likeness (QED) is 0.686. The van der Waals surface area contributed by atoms with Crippen molar-refractivity contribution in [2.45, 2.75) is 6.04 Å². The van der Waals surface area contributed by atoms with Gasteiger partial charge in [-0.25, -0.2) is 0 Å². The molecule has 2 nitrogen and oxygen atoms in total. The van der Waals surface area contributed by atoms with E-state index in [0.29, 0.717) is 6.04 Å². The summed E-state index contributed by atoms with van der Waals surface area (Å²) in [5.74, 6) is 0. The van der Waals surface area contributed by atoms with Crippen LogP contribution in [0.2, 0.25) is 0 Å². The van der Waals surface area contributed by atoms with E-state index in [4.69, 9.17) is 0 Å². The predicted octanol–water partition coefficient (Wildman–Crippen LogP) is 2.64. The van der Waals surface area contributed by atoms with Gasteiger partial charge in [0.25, 0.3) is 0 Å². The fraction of sp³-hybridized carbons (Fsp3) is 0.154. The number of hydrogen-bond donors (Lipinski definition) is 0. The van der Waals surface area contributed by atoms with Crippen LogP contribution in [0.1, 0.15) is 11.7 Å². The minimum atomic E-state index is 0.480. The molecule has 1 aromatic heterocycles. The zero-order chi connectivity index (χ0) is 10.1. The normalized spacial score (nSPS) is 18.9. The number of rotatable bonds is 2. The molecular weight excluding hydrogens is 184 g/mol. The van der Waals surface area contributed by atoms with Gasteiger partial charge in [0.2, 0.25) is 0 Å². The lowest BCUT2D eigenvalue weighted by Crippen LogP contribution is -1.95. The van der Waals surface area contributed by atoms with Gasteiger partial charge < -0.3 is 4.90 Å². The number of nitrogens with zero attached hydrogens (tertiary/aromatic N) is 2. The Bertz CT molecular complexity index is 395. The Balaban J connectivity index is 1.81. The number of benzene rings is 1. The second-order valence-electron chi connectivity index (χ2n) is 3.76. The summed E-state index contributed by atoms with van der Waals surface area (Å²) in [6.07, 6.45) is 1.86. The van der Waals surface area contributed by atoms with Gasteiger partial charge in [-0.2, -0.15) is 0 Å². The zero-order valence-corrected chi connectivity index (χ0v) is 8.38. The van der Waals surface area contributed by atoms with Gasteiger partial charge in [-0.1, -0.05) is 24.3 Å². The van der Waals surface area contributed by atoms with Crippen LogP contribution in [0.4, 0.5) is 5.69 Å². The Morgan fingerprint density at radius 1 is 1.00 bits per heavy atom. The molecule has 74 valence electrons. The average Bonchev–Trinajstić information content (AvgIpc) is 3.11. The van der Waals surface area contributed by atoms with Gasteiger partial charge in [0.15, 0.2) is 0 Å². The summed E-state index contributed by atoms with van der Waals surface area (Å²) in [5.41, 5.74) is 2.45. The molecule has 2 heterocycles. The van der Waals surface area contributed by atoms with Gasteiger partial charge in [0, 0.05) is 18.4 Å². The van der Waals surface area contributed by atoms with E-state index in [1.807, 2.05) is 24.4 Å². The van der Waals surface area contributed by atoms with E-state index < -0.39 is 0 Å². The standard InChI is InChI=1S/C13H12N2/c1-2-6-11(7-3-1)15-10-13(15)12-8-4-5-9-14-12/h1-9,13H,10H2. The van der Waals surface area contributed by atoms with Gasteiger partial charge in [-0.3, -0.25) is 4.98 Å². The second kappa shape index (κ2) is 3.39. The molecule has 0 spiro atoms. The Hall–Kier alpha value is -1.83. The molecule has 0 radical (unpaired) electrons. The minimum Gasteiger partial charge on any atom is -0.359 e. The molecule has 1 fully saturated rings. The van der Waals surface area contributed by atoms with Crippen LogP contribution >= 0.6 is 0 Å². The highest BCUT2D eigenvalue weighted by Crippen LogP contribution is 2.38. The first-order valence-corrected chi connectivity index (χ1v) is 5.18. The maximum atomic E-state index is 4.37. The first kappa shape index (κ1) is 8.48. The molecule has 1 atom stereocenters. The number of anilines is 1. The van der Waals surface area contributed by atoms with Gasteiger partial charge in [-0.05, 0) is 24.3 Å². The molecule has 2 aromatic rings. The fourth-order valence-corrected chi connectivity index (χ4v) is 1.87. The van der Waals surface area contributed by atoms with E-state index in [-0.39, 0.29) is 0 Å². The summed E-state index contributed by atoms with van der Waals surface area (Å²) in [7, 11) is 0. The summed E-state index contributed by atoms with van der Waals surface area (Å²) >= 11 is 0. The summed E-state index contributed by atoms with van der Waals surface area (Å²) in [4.78, 5) is 6.72. The molecule has 0 aliphatic carbocycles. The van der Waals surface area contributed by atoms with Gasteiger partial charge in [-0.15, -0.1) is 0 Å². The average molecular weight is 196 g/mol. The Kier molecular flexibility index (Phi) is 1.91. The lowest BCUT2D eigenvalue weighted by Gasteiger charge is -2.04. The summed E-state index contributed by atoms with van der Waals surface area (Å²) < 4.78 is 0. The second-order valence-corrected chi connectivity index (χ2v) is 3.76. The van der Waals surface area contributed by atoms with Crippen molar-refractivity contribution in [3.05, 3.63) is 60.4 Å². The van der Waals surface area contributed by atoms with Crippen LogP contribution in [0, 0.1) is 0 Å². The van der Waals surface area contributed by atoms with Crippen molar-refractivity contribution in [3.63, 3.8) is 0 Å². The van der Waals surface area contributed by atoms with E-state index in [1.54, 1.807) is 0 Å². The number of pyridine rings is 1. The molecular formula is C13H12N2. The highest BCUT2D eigenvalue weighted by molar-refractivity contribution is 5.55. The van der Waals surface area contributed by atoms with Crippen LogP contribution in [0.15, 0.2) is 54.7 Å². The van der Waals surface area contributed by atoms with Crippen LogP contribution in [0.5, 0.6) is 0 Å². The van der Waals surface area contributed by atoms with Gasteiger partial charge >= 0.3 is 0 Å². The highest BCUT2D eigenvalue weighted by Gasteiger charge is 2.36. The van der Waals surface area contributed by atoms with E-state index in [0.717, 1.165) is 6.54 Å². The van der Waals surface area contributed by atoms with Gasteiger partial charge in [0.05, 0.1) is 11.7 Å². The topological polar surface area (TPSA) is 15.9 Å². The molecule has 15 heavy (non-hydrogen) atoms. The van der Waals surface area contributed by atoms with Crippen molar-refractivity contribution in [3.8, 4) is 0 Å². The molecule has 0 bridgehead atoms. The predicted molar refractivity (Wildman–Crippen MR) is 60.8 cm³/mol. The van der Waals surface area contributed by atoms with Crippen LogP contribution in [0.25, 0.3) is 0 Å². The molecule has 1 aliphatic rings. The number of aromatic nitrogens is 1. The summed E-state index contributed by atoms with van der Waals surface area (Å²) in [6.45, 7) is 1.08. The third-order valence-corrected chi connectivity index (χ3v) is 2.73. The molecule has 0 amide bonds. The molecule has 1 aliphatic heterocycles. The van der Waals surface area contributed by atoms with E-state index in [9.17, 15) is 0 Å². The Morgan fingerprint density at radius 2 is 1.80 bits per heavy atom. The van der Waals surface area contributed by atoms with Crippen LogP contribution in [-0.4, -0.2) is 11.5 Å². The lowest BCUT2D eigenvalue weighted by molar-refractivity contribution is 1.02. The fourth-order valence-electron chi connectivity index (χ4n) is 1.87. The third kappa shape index (κ3) is 1.59. The highest BCUT2D eigenvalue weighted by atomic mass is 15.3. The van der Waals surface area contributed by atoms with Crippen LogP contribution in [0.3, 0.4) is 0 Å². The number of hydrogen-bond acceptors (Lipinski definition) is 2. The van der Waals surface area contributed by atoms with Crippen molar-refractivity contribution in [2.24, 2.45) is 0 Å². The molecule has 0 N–H and O–H groups in total. The van der Waals surface area contributed by atoms with Gasteiger partial charge in [0.1, 0.15) is 0 Å². The monoisotopic (exact) mass is 196 g/mol. The lowest BCUT2D eigenvalue weighted by atomic mass is 10.3. The van der Waals surface area contributed by atoms with Crippen molar-refractivity contribution < 1.29 is 0 Å². The maximum Gasteiger partial charge on any atom is 0.0889 e. The van der Waals surface area contributed by atoms with Crippen molar-refractivity contribution in [1.82, 2.24) is 4.98 Å². The third-order valence-electron chi connectivity index (χ3n) is 2.73. The maximum absolute atomic E-state index is 4.37. The Labute approximate surface area is 89.2 Å². The number of para-hydroxylation sites is 1. The van der Waals surface area contributed by atoms with E-state index in [2.05, 4.69) is 40.2 Å². The molecule has 0 saturated carbocycles. The molecule has 1 aromatic carbocycles. The van der Waals surface area contributed by atoms with Crippen LogP contribution in [-0.2, 0) is 0 Å². The summed E-state index contributed by atoms with van der Waals surface area (Å²) in [5, 5.41) is 0. The smallest absolute Gasteiger partial charge is 0.0889 e. The van der Waals surface area contributed by atoms with E-state index in [1.165, 1.54) is 11.4 Å². The molecule has 1 saturated heterocycles. The SMILES string of the molecule is c1ccc(N2CC2c2ccccn2)cc1. The van der Waals surface area contributed by atoms with Crippen molar-refractivity contribution >= 4 is 5.69 Å². The van der Waals surface area contributed by atoms with Crippen molar-refractivity contribution in [2.75, 3.05) is 11.4 Å². The zero-order valence-electron chi connectivity index (χ0n) is 8.38. The minimum absolute atomic E-state index is 0.480. The van der Waals surface area contributed by atoms with Crippen molar-refractivity contribution in [1.29, 1.82) is 0 Å². The molecule has 1 unspecified atom stereocenters. The Morgan fingerprint density at radius 3 is 2.53 bits per heavy atom. The van der Waals surface area contributed by atoms with Crippen LogP contribution < -0.4 is 4.90 Å². The largest absolute Gasteiger partial charge is 0.359 e.